The smallest absolute Gasteiger partial charge is 0.227 e. The molecule has 0 atom stereocenters. The van der Waals surface area contributed by atoms with Crippen molar-refractivity contribution < 1.29 is 4.79 Å². The number of benzene rings is 1. The Morgan fingerprint density at radius 1 is 1.21 bits per heavy atom. The molecule has 1 aromatic carbocycles. The molecule has 3 heterocycles. The molecular formula is C21H26N6OS. The zero-order valence-electron chi connectivity index (χ0n) is 17.3. The number of thioether (sulfide) groups is 1. The molecule has 3 aromatic rings. The predicted molar refractivity (Wildman–Crippen MR) is 114 cm³/mol. The second-order valence-electron chi connectivity index (χ2n) is 7.36. The summed E-state index contributed by atoms with van der Waals surface area (Å²) in [6, 6.07) is 8.08. The molecule has 0 radical (unpaired) electrons. The van der Waals surface area contributed by atoms with E-state index >= 15 is 0 Å². The van der Waals surface area contributed by atoms with Gasteiger partial charge in [0.1, 0.15) is 5.69 Å². The minimum Gasteiger partial charge on any atom is -0.338 e. The Hall–Kier alpha value is -2.61. The minimum atomic E-state index is 0.153. The lowest BCUT2D eigenvalue weighted by atomic mass is 10.0. The molecule has 1 amide bonds. The van der Waals surface area contributed by atoms with Crippen molar-refractivity contribution in [3.8, 4) is 11.5 Å². The molecule has 29 heavy (non-hydrogen) atoms. The molecule has 0 N–H and O–H groups in total. The first-order valence-corrected chi connectivity index (χ1v) is 10.9. The van der Waals surface area contributed by atoms with Crippen LogP contribution in [0.15, 0.2) is 29.4 Å². The molecule has 152 valence electrons. The van der Waals surface area contributed by atoms with E-state index in [4.69, 9.17) is 5.10 Å². The number of aryl methyl sites for hydroxylation is 2. The number of rotatable bonds is 5. The first-order chi connectivity index (χ1) is 14.0. The minimum absolute atomic E-state index is 0.153. The summed E-state index contributed by atoms with van der Waals surface area (Å²) in [5, 5.41) is 14.3. The van der Waals surface area contributed by atoms with Gasteiger partial charge in [0.15, 0.2) is 11.0 Å². The fourth-order valence-electron chi connectivity index (χ4n) is 3.84. The largest absolute Gasteiger partial charge is 0.338 e. The van der Waals surface area contributed by atoms with Gasteiger partial charge in [-0.25, -0.2) is 0 Å². The lowest BCUT2D eigenvalue weighted by Gasteiger charge is -2.28. The van der Waals surface area contributed by atoms with E-state index in [9.17, 15) is 4.79 Å². The van der Waals surface area contributed by atoms with Crippen molar-refractivity contribution in [3.05, 3.63) is 46.6 Å². The summed E-state index contributed by atoms with van der Waals surface area (Å²) in [6.45, 7) is 5.43. The van der Waals surface area contributed by atoms with Gasteiger partial charge in [-0.15, -0.1) is 10.2 Å². The van der Waals surface area contributed by atoms with E-state index in [2.05, 4.69) is 30.1 Å². The van der Waals surface area contributed by atoms with Gasteiger partial charge in [-0.3, -0.25) is 9.48 Å². The fraction of sp³-hybridized carbons (Fsp3) is 0.429. The van der Waals surface area contributed by atoms with Gasteiger partial charge in [0.2, 0.25) is 5.91 Å². The van der Waals surface area contributed by atoms with Crippen molar-refractivity contribution in [1.29, 1.82) is 0 Å². The number of carbonyl (C=O) groups is 1. The number of nitrogens with zero attached hydrogens (tertiary/aromatic N) is 6. The van der Waals surface area contributed by atoms with Gasteiger partial charge in [0.25, 0.3) is 0 Å². The Kier molecular flexibility index (Phi) is 5.45. The maximum absolute atomic E-state index is 13.0. The third kappa shape index (κ3) is 3.69. The molecule has 0 spiro atoms. The Bertz CT molecular complexity index is 1050. The molecule has 1 aliphatic rings. The molecule has 0 saturated heterocycles. The number of amides is 1. The highest BCUT2D eigenvalue weighted by molar-refractivity contribution is 7.99. The predicted octanol–water partition coefficient (Wildman–Crippen LogP) is 2.76. The molecule has 1 aliphatic heterocycles. The van der Waals surface area contributed by atoms with Crippen molar-refractivity contribution in [2.24, 2.45) is 14.1 Å². The molecule has 0 bridgehead atoms. The molecule has 4 rings (SSSR count). The fourth-order valence-corrected chi connectivity index (χ4v) is 4.48. The van der Waals surface area contributed by atoms with Gasteiger partial charge in [-0.1, -0.05) is 43.0 Å². The van der Waals surface area contributed by atoms with E-state index in [1.165, 1.54) is 5.69 Å². The van der Waals surface area contributed by atoms with E-state index in [0.717, 1.165) is 45.5 Å². The first kappa shape index (κ1) is 19.7. The summed E-state index contributed by atoms with van der Waals surface area (Å²) in [5.74, 6) is 1.85. The third-order valence-electron chi connectivity index (χ3n) is 5.52. The summed E-state index contributed by atoms with van der Waals surface area (Å²) in [4.78, 5) is 14.9. The van der Waals surface area contributed by atoms with E-state index in [1.807, 2.05) is 46.4 Å². The highest BCUT2D eigenvalue weighted by Crippen LogP contribution is 2.30. The zero-order chi connectivity index (χ0) is 20.5. The Labute approximate surface area is 175 Å². The van der Waals surface area contributed by atoms with Crippen molar-refractivity contribution in [2.45, 2.75) is 38.4 Å². The lowest BCUT2D eigenvalue weighted by Crippen LogP contribution is -2.37. The standard InChI is InChI=1S/C21H26N6OS/c1-5-29-21-23-22-20(25(21)3)19-16-13-27(11-10-17(16)26(4)24-19)18(28)12-15-9-7-6-8-14(15)2/h6-9H,5,10-13H2,1-4H3. The van der Waals surface area contributed by atoms with Crippen LogP contribution in [0.2, 0.25) is 0 Å². The second kappa shape index (κ2) is 8.02. The Morgan fingerprint density at radius 2 is 2.00 bits per heavy atom. The lowest BCUT2D eigenvalue weighted by molar-refractivity contribution is -0.131. The molecule has 7 nitrogen and oxygen atoms in total. The molecule has 0 saturated carbocycles. The van der Waals surface area contributed by atoms with Crippen LogP contribution < -0.4 is 0 Å². The number of carbonyl (C=O) groups excluding carboxylic acids is 1. The monoisotopic (exact) mass is 410 g/mol. The van der Waals surface area contributed by atoms with Crippen molar-refractivity contribution in [2.75, 3.05) is 12.3 Å². The van der Waals surface area contributed by atoms with E-state index in [1.54, 1.807) is 11.8 Å². The molecule has 8 heteroatoms. The van der Waals surface area contributed by atoms with Crippen LogP contribution >= 0.6 is 11.8 Å². The molecule has 0 aliphatic carbocycles. The van der Waals surface area contributed by atoms with Gasteiger partial charge in [-0.05, 0) is 23.8 Å². The average Bonchev–Trinajstić information content (AvgIpc) is 3.23. The SMILES string of the molecule is CCSc1nnc(-c2nn(C)c3c2CN(C(=O)Cc2ccccc2C)CC3)n1C. The first-order valence-electron chi connectivity index (χ1n) is 9.89. The van der Waals surface area contributed by atoms with Crippen LogP contribution in [0.5, 0.6) is 0 Å². The van der Waals surface area contributed by atoms with Crippen LogP contribution in [0.1, 0.15) is 29.3 Å². The van der Waals surface area contributed by atoms with E-state index in [-0.39, 0.29) is 5.91 Å². The van der Waals surface area contributed by atoms with Crippen molar-refractivity contribution in [3.63, 3.8) is 0 Å². The van der Waals surface area contributed by atoms with Crippen molar-refractivity contribution >= 4 is 17.7 Å². The van der Waals surface area contributed by atoms with Crippen LogP contribution in [-0.4, -0.2) is 47.6 Å². The van der Waals surface area contributed by atoms with Gasteiger partial charge in [0.05, 0.1) is 6.42 Å². The number of aromatic nitrogens is 5. The van der Waals surface area contributed by atoms with Crippen LogP contribution in [0.3, 0.4) is 0 Å². The topological polar surface area (TPSA) is 68.8 Å². The number of hydrogen-bond donors (Lipinski definition) is 0. The maximum Gasteiger partial charge on any atom is 0.227 e. The summed E-state index contributed by atoms with van der Waals surface area (Å²) in [6.07, 6.45) is 1.23. The highest BCUT2D eigenvalue weighted by Gasteiger charge is 2.29. The Morgan fingerprint density at radius 3 is 2.76 bits per heavy atom. The normalized spacial score (nSPS) is 13.6. The summed E-state index contributed by atoms with van der Waals surface area (Å²) >= 11 is 1.66. The van der Waals surface area contributed by atoms with Crippen LogP contribution in [0, 0.1) is 6.92 Å². The summed E-state index contributed by atoms with van der Waals surface area (Å²) in [7, 11) is 3.93. The van der Waals surface area contributed by atoms with Crippen molar-refractivity contribution in [1.82, 2.24) is 29.4 Å². The summed E-state index contributed by atoms with van der Waals surface area (Å²) in [5.41, 5.74) is 5.33. The van der Waals surface area contributed by atoms with E-state index < -0.39 is 0 Å². The van der Waals surface area contributed by atoms with Gasteiger partial charge in [-0.2, -0.15) is 5.10 Å². The van der Waals surface area contributed by atoms with Gasteiger partial charge < -0.3 is 9.47 Å². The molecule has 0 fully saturated rings. The molecule has 2 aromatic heterocycles. The van der Waals surface area contributed by atoms with E-state index in [0.29, 0.717) is 19.5 Å². The van der Waals surface area contributed by atoms with Crippen LogP contribution in [-0.2, 0) is 38.3 Å². The average molecular weight is 411 g/mol. The number of hydrogen-bond acceptors (Lipinski definition) is 5. The summed E-state index contributed by atoms with van der Waals surface area (Å²) < 4.78 is 3.92. The molecule has 0 unspecified atom stereocenters. The maximum atomic E-state index is 13.0. The zero-order valence-corrected chi connectivity index (χ0v) is 18.2. The Balaban J connectivity index is 1.61. The highest BCUT2D eigenvalue weighted by atomic mass is 32.2. The van der Waals surface area contributed by atoms with Gasteiger partial charge in [0, 0.05) is 44.9 Å². The van der Waals surface area contributed by atoms with Crippen LogP contribution in [0.25, 0.3) is 11.5 Å². The van der Waals surface area contributed by atoms with Gasteiger partial charge >= 0.3 is 0 Å². The van der Waals surface area contributed by atoms with Crippen LogP contribution in [0.4, 0.5) is 0 Å². The molecular weight excluding hydrogens is 384 g/mol. The quantitative estimate of drug-likeness (QED) is 0.605. The number of fused-ring (bicyclic) bond motifs is 1. The second-order valence-corrected chi connectivity index (χ2v) is 8.60. The third-order valence-corrected chi connectivity index (χ3v) is 6.42.